The van der Waals surface area contributed by atoms with Gasteiger partial charge in [0.1, 0.15) is 5.75 Å². The van der Waals surface area contributed by atoms with E-state index in [0.717, 1.165) is 28.3 Å². The summed E-state index contributed by atoms with van der Waals surface area (Å²) in [6.07, 6.45) is 0. The van der Waals surface area contributed by atoms with E-state index in [-0.39, 0.29) is 6.04 Å². The second-order valence-corrected chi connectivity index (χ2v) is 5.68. The topological polar surface area (TPSA) is 21.3 Å². The molecule has 0 aliphatic rings. The van der Waals surface area contributed by atoms with E-state index in [1.165, 1.54) is 0 Å². The zero-order valence-corrected chi connectivity index (χ0v) is 13.9. The summed E-state index contributed by atoms with van der Waals surface area (Å²) in [5.74, 6) is 0.670. The molecule has 0 aliphatic heterocycles. The number of halogens is 2. The third-order valence-electron chi connectivity index (χ3n) is 3.46. The largest absolute Gasteiger partial charge is 0.495 e. The van der Waals surface area contributed by atoms with Crippen molar-refractivity contribution >= 4 is 23.2 Å². The molecule has 2 aromatic rings. The third-order valence-corrected chi connectivity index (χ3v) is 4.09. The summed E-state index contributed by atoms with van der Waals surface area (Å²) in [5, 5.41) is 4.71. The van der Waals surface area contributed by atoms with Crippen LogP contribution in [0.25, 0.3) is 11.1 Å². The van der Waals surface area contributed by atoms with Crippen LogP contribution in [0, 0.1) is 0 Å². The summed E-state index contributed by atoms with van der Waals surface area (Å²) < 4.78 is 5.17. The molecule has 0 spiro atoms. The summed E-state index contributed by atoms with van der Waals surface area (Å²) in [5.41, 5.74) is 3.16. The lowest BCUT2D eigenvalue weighted by atomic mass is 10.0. The van der Waals surface area contributed by atoms with Crippen molar-refractivity contribution < 1.29 is 4.74 Å². The Morgan fingerprint density at radius 1 is 1.05 bits per heavy atom. The summed E-state index contributed by atoms with van der Waals surface area (Å²) in [6.45, 7) is 5.10. The van der Waals surface area contributed by atoms with E-state index in [1.807, 2.05) is 24.3 Å². The van der Waals surface area contributed by atoms with E-state index in [2.05, 4.69) is 31.3 Å². The van der Waals surface area contributed by atoms with E-state index in [1.54, 1.807) is 7.11 Å². The van der Waals surface area contributed by atoms with E-state index in [0.29, 0.717) is 10.8 Å². The van der Waals surface area contributed by atoms with Gasteiger partial charge in [0.25, 0.3) is 0 Å². The van der Waals surface area contributed by atoms with Gasteiger partial charge in [0.15, 0.2) is 0 Å². The fourth-order valence-electron chi connectivity index (χ4n) is 2.32. The first-order valence-corrected chi connectivity index (χ1v) is 7.69. The van der Waals surface area contributed by atoms with Gasteiger partial charge >= 0.3 is 0 Å². The van der Waals surface area contributed by atoms with Crippen molar-refractivity contribution in [3.05, 3.63) is 52.0 Å². The number of rotatable bonds is 5. The minimum absolute atomic E-state index is 0.232. The molecular formula is C17H19Cl2NO. The predicted molar refractivity (Wildman–Crippen MR) is 90.5 cm³/mol. The zero-order valence-electron chi connectivity index (χ0n) is 12.4. The fourth-order valence-corrected chi connectivity index (χ4v) is 2.92. The average molecular weight is 324 g/mol. The van der Waals surface area contributed by atoms with Crippen molar-refractivity contribution in [2.24, 2.45) is 0 Å². The van der Waals surface area contributed by atoms with Crippen molar-refractivity contribution in [3.8, 4) is 16.9 Å². The number of hydrogen-bond acceptors (Lipinski definition) is 2. The van der Waals surface area contributed by atoms with Crippen molar-refractivity contribution in [1.82, 2.24) is 5.32 Å². The quantitative estimate of drug-likeness (QED) is 0.801. The molecule has 1 atom stereocenters. The van der Waals surface area contributed by atoms with Gasteiger partial charge in [-0.2, -0.15) is 0 Å². The van der Waals surface area contributed by atoms with E-state index in [9.17, 15) is 0 Å². The Morgan fingerprint density at radius 2 is 1.67 bits per heavy atom. The third kappa shape index (κ3) is 3.70. The Morgan fingerprint density at radius 3 is 2.19 bits per heavy atom. The second kappa shape index (κ2) is 7.17. The average Bonchev–Trinajstić information content (AvgIpc) is 2.47. The van der Waals surface area contributed by atoms with Crippen LogP contribution < -0.4 is 10.1 Å². The van der Waals surface area contributed by atoms with Gasteiger partial charge in [0, 0.05) is 11.1 Å². The van der Waals surface area contributed by atoms with Gasteiger partial charge in [-0.25, -0.2) is 0 Å². The molecule has 112 valence electrons. The van der Waals surface area contributed by atoms with E-state index >= 15 is 0 Å². The predicted octanol–water partition coefficient (Wildman–Crippen LogP) is 5.34. The van der Waals surface area contributed by atoms with Gasteiger partial charge in [0.2, 0.25) is 0 Å². The second-order valence-electron chi connectivity index (χ2n) is 4.86. The van der Waals surface area contributed by atoms with Gasteiger partial charge in [0.05, 0.1) is 12.1 Å². The van der Waals surface area contributed by atoms with Gasteiger partial charge in [-0.1, -0.05) is 48.3 Å². The first-order valence-electron chi connectivity index (χ1n) is 6.93. The van der Waals surface area contributed by atoms with Crippen LogP contribution >= 0.6 is 23.2 Å². The van der Waals surface area contributed by atoms with E-state index in [4.69, 9.17) is 27.9 Å². The molecule has 0 fully saturated rings. The standard InChI is InChI=1S/C17H19Cl2NO/c1-4-20-11(2)14-7-5-12(9-15(14)18)13-6-8-17(21-3)16(19)10-13/h5-11,20H,4H2,1-3H3. The fraction of sp³-hybridized carbons (Fsp3) is 0.294. The first-order chi connectivity index (χ1) is 10.1. The molecule has 0 saturated heterocycles. The number of methoxy groups -OCH3 is 1. The Bertz CT molecular complexity index is 628. The molecule has 4 heteroatoms. The summed E-state index contributed by atoms with van der Waals surface area (Å²) >= 11 is 12.6. The van der Waals surface area contributed by atoms with Crippen molar-refractivity contribution in [1.29, 1.82) is 0 Å². The maximum absolute atomic E-state index is 6.41. The van der Waals surface area contributed by atoms with Crippen LogP contribution in [0.4, 0.5) is 0 Å². The van der Waals surface area contributed by atoms with E-state index < -0.39 is 0 Å². The first kappa shape index (κ1) is 16.2. The highest BCUT2D eigenvalue weighted by Crippen LogP contribution is 2.33. The Balaban J connectivity index is 2.33. The van der Waals surface area contributed by atoms with Crippen LogP contribution in [0.5, 0.6) is 5.75 Å². The normalized spacial score (nSPS) is 12.2. The molecule has 0 saturated carbocycles. The van der Waals surface area contributed by atoms with Crippen LogP contribution in [0.15, 0.2) is 36.4 Å². The molecule has 2 aromatic carbocycles. The lowest BCUT2D eigenvalue weighted by Gasteiger charge is -2.15. The van der Waals surface area contributed by atoms with Gasteiger partial charge in [-0.15, -0.1) is 0 Å². The molecule has 0 amide bonds. The van der Waals surface area contributed by atoms with Crippen molar-refractivity contribution in [3.63, 3.8) is 0 Å². The minimum Gasteiger partial charge on any atom is -0.495 e. The molecule has 0 radical (unpaired) electrons. The van der Waals surface area contributed by atoms with Crippen LogP contribution in [-0.4, -0.2) is 13.7 Å². The zero-order chi connectivity index (χ0) is 15.4. The summed E-state index contributed by atoms with van der Waals surface area (Å²) in [7, 11) is 1.61. The molecule has 1 unspecified atom stereocenters. The number of benzene rings is 2. The smallest absolute Gasteiger partial charge is 0.137 e. The molecule has 21 heavy (non-hydrogen) atoms. The van der Waals surface area contributed by atoms with Crippen LogP contribution in [-0.2, 0) is 0 Å². The highest BCUT2D eigenvalue weighted by molar-refractivity contribution is 6.32. The van der Waals surface area contributed by atoms with Crippen molar-refractivity contribution in [2.45, 2.75) is 19.9 Å². The number of ether oxygens (including phenoxy) is 1. The summed E-state index contributed by atoms with van der Waals surface area (Å²) in [4.78, 5) is 0. The highest BCUT2D eigenvalue weighted by Gasteiger charge is 2.10. The molecule has 1 N–H and O–H groups in total. The lowest BCUT2D eigenvalue weighted by molar-refractivity contribution is 0.415. The highest BCUT2D eigenvalue weighted by atomic mass is 35.5. The Hall–Kier alpha value is -1.22. The number of hydrogen-bond donors (Lipinski definition) is 1. The maximum Gasteiger partial charge on any atom is 0.137 e. The SMILES string of the molecule is CCNC(C)c1ccc(-c2ccc(OC)c(Cl)c2)cc1Cl. The Kier molecular flexibility index (Phi) is 5.51. The monoisotopic (exact) mass is 323 g/mol. The van der Waals surface area contributed by atoms with Crippen LogP contribution in [0.3, 0.4) is 0 Å². The molecule has 2 rings (SSSR count). The minimum atomic E-state index is 0.232. The Labute approximate surface area is 136 Å². The van der Waals surface area contributed by atoms with Crippen LogP contribution in [0.1, 0.15) is 25.5 Å². The lowest BCUT2D eigenvalue weighted by Crippen LogP contribution is -2.17. The van der Waals surface area contributed by atoms with Crippen molar-refractivity contribution in [2.75, 3.05) is 13.7 Å². The molecule has 0 heterocycles. The molecule has 0 bridgehead atoms. The van der Waals surface area contributed by atoms with Gasteiger partial charge < -0.3 is 10.1 Å². The molecule has 0 aromatic heterocycles. The van der Waals surface area contributed by atoms with Gasteiger partial charge in [-0.05, 0) is 48.4 Å². The maximum atomic E-state index is 6.41. The van der Waals surface area contributed by atoms with Gasteiger partial charge in [-0.3, -0.25) is 0 Å². The summed E-state index contributed by atoms with van der Waals surface area (Å²) in [6, 6.07) is 12.1. The molecule has 2 nitrogen and oxygen atoms in total. The number of nitrogens with one attached hydrogen (secondary N) is 1. The molecule has 0 aliphatic carbocycles. The molecular weight excluding hydrogens is 305 g/mol. The van der Waals surface area contributed by atoms with Crippen LogP contribution in [0.2, 0.25) is 10.0 Å².